The summed E-state index contributed by atoms with van der Waals surface area (Å²) in [4.78, 5) is 27.3. The molecule has 0 aliphatic rings. The number of aromatic nitrogens is 2. The molecule has 2 rings (SSSR count). The summed E-state index contributed by atoms with van der Waals surface area (Å²) in [5, 5.41) is 2.58. The van der Waals surface area contributed by atoms with Gasteiger partial charge in [0.15, 0.2) is 0 Å². The fourth-order valence-electron chi connectivity index (χ4n) is 1.65. The minimum Gasteiger partial charge on any atom is -0.396 e. The summed E-state index contributed by atoms with van der Waals surface area (Å²) >= 11 is 3.08. The van der Waals surface area contributed by atoms with Gasteiger partial charge in [0.05, 0.1) is 12.0 Å². The number of rotatable bonds is 4. The lowest BCUT2D eigenvalue weighted by molar-refractivity contribution is -0.116. The monoisotopic (exact) mass is 354 g/mol. The van der Waals surface area contributed by atoms with Crippen LogP contribution < -0.4 is 16.6 Å². The first kappa shape index (κ1) is 15.2. The molecular weight excluding hydrogens is 343 g/mol. The van der Waals surface area contributed by atoms with Crippen molar-refractivity contribution in [1.29, 1.82) is 0 Å². The molecule has 0 aliphatic carbocycles. The highest BCUT2D eigenvalue weighted by atomic mass is 79.9. The van der Waals surface area contributed by atoms with Crippen LogP contribution in [0.25, 0.3) is 0 Å². The Morgan fingerprint density at radius 2 is 2.24 bits per heavy atom. The van der Waals surface area contributed by atoms with Crippen molar-refractivity contribution in [2.75, 3.05) is 11.1 Å². The Kier molecular flexibility index (Phi) is 4.69. The molecule has 0 saturated carbocycles. The van der Waals surface area contributed by atoms with E-state index in [9.17, 15) is 14.0 Å². The fraction of sp³-hybridized carbons (Fsp3) is 0.154. The van der Waals surface area contributed by atoms with E-state index in [1.165, 1.54) is 35.3 Å². The Labute approximate surface area is 127 Å². The average molecular weight is 355 g/mol. The third-order valence-electron chi connectivity index (χ3n) is 2.72. The fourth-order valence-corrected chi connectivity index (χ4v) is 2.00. The highest BCUT2D eigenvalue weighted by Crippen LogP contribution is 2.16. The van der Waals surface area contributed by atoms with Gasteiger partial charge in [-0.2, -0.15) is 0 Å². The maximum atomic E-state index is 13.0. The molecule has 2 aromatic rings. The van der Waals surface area contributed by atoms with Crippen LogP contribution in [0.1, 0.15) is 6.42 Å². The number of hydrogen-bond donors (Lipinski definition) is 2. The topological polar surface area (TPSA) is 90.0 Å². The number of nitrogens with zero attached hydrogens (tertiary/aromatic N) is 2. The van der Waals surface area contributed by atoms with Crippen LogP contribution >= 0.6 is 15.9 Å². The van der Waals surface area contributed by atoms with Gasteiger partial charge in [-0.25, -0.2) is 9.37 Å². The minimum atomic E-state index is -0.542. The summed E-state index contributed by atoms with van der Waals surface area (Å²) < 4.78 is 14.7. The summed E-state index contributed by atoms with van der Waals surface area (Å²) in [5.74, 6) is -0.854. The predicted octanol–water partition coefficient (Wildman–Crippen LogP) is 1.76. The molecule has 0 fully saturated rings. The van der Waals surface area contributed by atoms with Crippen LogP contribution in [0.5, 0.6) is 0 Å². The van der Waals surface area contributed by atoms with Crippen molar-refractivity contribution in [2.24, 2.45) is 0 Å². The normalized spacial score (nSPS) is 10.4. The molecule has 6 nitrogen and oxygen atoms in total. The molecule has 0 radical (unpaired) electrons. The molecule has 1 heterocycles. The number of halogens is 2. The summed E-state index contributed by atoms with van der Waals surface area (Å²) in [6.07, 6.45) is 2.83. The predicted molar refractivity (Wildman–Crippen MR) is 80.3 cm³/mol. The van der Waals surface area contributed by atoms with E-state index < -0.39 is 5.82 Å². The Morgan fingerprint density at radius 3 is 2.95 bits per heavy atom. The van der Waals surface area contributed by atoms with Gasteiger partial charge in [-0.1, -0.05) is 0 Å². The van der Waals surface area contributed by atoms with Gasteiger partial charge in [-0.15, -0.1) is 0 Å². The molecule has 3 N–H and O–H groups in total. The summed E-state index contributed by atoms with van der Waals surface area (Å²) in [7, 11) is 0. The molecule has 0 spiro atoms. The standard InChI is InChI=1S/C13H12BrFN4O2/c14-9-6-17-7-19(13(9)21)4-3-12(20)18-8-1-2-10(15)11(16)5-8/h1-2,5-7H,3-4,16H2,(H,18,20). The molecule has 1 aromatic carbocycles. The van der Waals surface area contributed by atoms with Crippen molar-refractivity contribution in [3.63, 3.8) is 0 Å². The van der Waals surface area contributed by atoms with Gasteiger partial charge >= 0.3 is 0 Å². The van der Waals surface area contributed by atoms with Crippen molar-refractivity contribution in [3.8, 4) is 0 Å². The van der Waals surface area contributed by atoms with Crippen LogP contribution in [0.4, 0.5) is 15.8 Å². The maximum Gasteiger partial charge on any atom is 0.267 e. The number of carbonyl (C=O) groups is 1. The Bertz CT molecular complexity index is 732. The van der Waals surface area contributed by atoms with Gasteiger partial charge < -0.3 is 11.1 Å². The number of nitrogens with two attached hydrogens (primary N) is 1. The van der Waals surface area contributed by atoms with E-state index in [2.05, 4.69) is 26.2 Å². The van der Waals surface area contributed by atoms with E-state index in [-0.39, 0.29) is 30.1 Å². The molecule has 21 heavy (non-hydrogen) atoms. The summed E-state index contributed by atoms with van der Waals surface area (Å²) in [6.45, 7) is 0.188. The van der Waals surface area contributed by atoms with Crippen LogP contribution in [0.3, 0.4) is 0 Å². The zero-order valence-corrected chi connectivity index (χ0v) is 12.4. The van der Waals surface area contributed by atoms with Gasteiger partial charge in [0.25, 0.3) is 5.56 Å². The van der Waals surface area contributed by atoms with Crippen LogP contribution in [-0.2, 0) is 11.3 Å². The second-order valence-corrected chi connectivity index (χ2v) is 5.13. The van der Waals surface area contributed by atoms with E-state index in [1.54, 1.807) is 0 Å². The Balaban J connectivity index is 1.97. The Morgan fingerprint density at radius 1 is 1.48 bits per heavy atom. The third kappa shape index (κ3) is 3.88. The first-order chi connectivity index (χ1) is 9.97. The van der Waals surface area contributed by atoms with Gasteiger partial charge in [-0.05, 0) is 34.1 Å². The minimum absolute atomic E-state index is 0.0415. The SMILES string of the molecule is Nc1cc(NC(=O)CCn2cncc(Br)c2=O)ccc1F. The van der Waals surface area contributed by atoms with Crippen molar-refractivity contribution >= 4 is 33.2 Å². The number of amides is 1. The molecule has 0 saturated heterocycles. The van der Waals surface area contributed by atoms with Crippen LogP contribution in [0, 0.1) is 5.82 Å². The zero-order chi connectivity index (χ0) is 15.4. The largest absolute Gasteiger partial charge is 0.396 e. The lowest BCUT2D eigenvalue weighted by Gasteiger charge is -2.08. The van der Waals surface area contributed by atoms with Gasteiger partial charge in [-0.3, -0.25) is 14.2 Å². The van der Waals surface area contributed by atoms with Crippen molar-refractivity contribution in [3.05, 3.63) is 51.4 Å². The lowest BCUT2D eigenvalue weighted by atomic mass is 10.2. The second-order valence-electron chi connectivity index (χ2n) is 4.27. The van der Waals surface area contributed by atoms with E-state index in [4.69, 9.17) is 5.73 Å². The first-order valence-corrected chi connectivity index (χ1v) is 6.81. The highest BCUT2D eigenvalue weighted by Gasteiger charge is 2.07. The van der Waals surface area contributed by atoms with E-state index >= 15 is 0 Å². The quantitative estimate of drug-likeness (QED) is 0.818. The number of anilines is 2. The number of aryl methyl sites for hydroxylation is 1. The van der Waals surface area contributed by atoms with Gasteiger partial charge in [0.2, 0.25) is 5.91 Å². The number of carbonyl (C=O) groups excluding carboxylic acids is 1. The van der Waals surface area contributed by atoms with Crippen LogP contribution in [-0.4, -0.2) is 15.5 Å². The molecule has 0 aliphatic heterocycles. The van der Waals surface area contributed by atoms with E-state index in [0.717, 1.165) is 0 Å². The molecular formula is C13H12BrFN4O2. The molecule has 1 aromatic heterocycles. The molecule has 1 amide bonds. The summed E-state index contributed by atoms with van der Waals surface area (Å²) in [6, 6.07) is 3.92. The van der Waals surface area contributed by atoms with Crippen LogP contribution in [0.2, 0.25) is 0 Å². The molecule has 8 heteroatoms. The van der Waals surface area contributed by atoms with E-state index in [0.29, 0.717) is 10.2 Å². The zero-order valence-electron chi connectivity index (χ0n) is 10.8. The highest BCUT2D eigenvalue weighted by molar-refractivity contribution is 9.10. The summed E-state index contributed by atoms with van der Waals surface area (Å²) in [5.41, 5.74) is 5.51. The number of benzene rings is 1. The smallest absolute Gasteiger partial charge is 0.267 e. The Hall–Kier alpha value is -2.22. The van der Waals surface area contributed by atoms with Crippen LogP contribution in [0.15, 0.2) is 40.0 Å². The molecule has 0 unspecified atom stereocenters. The van der Waals surface area contributed by atoms with E-state index in [1.807, 2.05) is 0 Å². The lowest BCUT2D eigenvalue weighted by Crippen LogP contribution is -2.23. The van der Waals surface area contributed by atoms with Gasteiger partial charge in [0.1, 0.15) is 10.3 Å². The second kappa shape index (κ2) is 6.49. The van der Waals surface area contributed by atoms with Gasteiger partial charge in [0, 0.05) is 24.8 Å². The van der Waals surface area contributed by atoms with Crippen molar-refractivity contribution < 1.29 is 9.18 Å². The van der Waals surface area contributed by atoms with Crippen molar-refractivity contribution in [1.82, 2.24) is 9.55 Å². The average Bonchev–Trinajstić information content (AvgIpc) is 2.44. The third-order valence-corrected chi connectivity index (χ3v) is 3.26. The number of nitrogens with one attached hydrogen (secondary N) is 1. The number of hydrogen-bond acceptors (Lipinski definition) is 4. The maximum absolute atomic E-state index is 13.0. The van der Waals surface area contributed by atoms with Crippen molar-refractivity contribution in [2.45, 2.75) is 13.0 Å². The molecule has 0 bridgehead atoms. The first-order valence-electron chi connectivity index (χ1n) is 6.02. The number of nitrogen functional groups attached to an aromatic ring is 1. The molecule has 0 atom stereocenters. The molecule has 110 valence electrons.